The molecule has 35 heavy (non-hydrogen) atoms. The van der Waals surface area contributed by atoms with E-state index < -0.39 is 0 Å². The molecule has 0 unspecified atom stereocenters. The minimum absolute atomic E-state index is 0.171. The van der Waals surface area contributed by atoms with Crippen molar-refractivity contribution in [2.45, 2.75) is 0 Å². The van der Waals surface area contributed by atoms with Gasteiger partial charge in [0.1, 0.15) is 0 Å². The van der Waals surface area contributed by atoms with E-state index in [0.717, 1.165) is 66.1 Å². The number of rotatable bonds is 2. The van der Waals surface area contributed by atoms with Crippen LogP contribution in [0, 0.1) is 0 Å². The van der Waals surface area contributed by atoms with Crippen molar-refractivity contribution in [1.82, 2.24) is 24.5 Å². The SMILES string of the molecule is Cn1c(=O)[nH]c2c3cc(-c4cnc5ccccc5c4)ccc3nc(-c3ccc4ncccc4c3)c21. The monoisotopic (exact) mass is 453 g/mol. The molecule has 6 heteroatoms. The molecule has 0 amide bonds. The number of pyridine rings is 3. The zero-order chi connectivity index (χ0) is 23.5. The highest BCUT2D eigenvalue weighted by Gasteiger charge is 2.17. The molecule has 3 aromatic carbocycles. The molecule has 0 aliphatic rings. The molecule has 0 atom stereocenters. The number of fused-ring (bicyclic) bond motifs is 5. The topological polar surface area (TPSA) is 76.5 Å². The maximum Gasteiger partial charge on any atom is 0.326 e. The molecule has 7 rings (SSSR count). The summed E-state index contributed by atoms with van der Waals surface area (Å²) < 4.78 is 1.63. The maximum atomic E-state index is 12.7. The van der Waals surface area contributed by atoms with Gasteiger partial charge in [-0.15, -0.1) is 0 Å². The third-order valence-corrected chi connectivity index (χ3v) is 6.63. The Balaban J connectivity index is 1.48. The Bertz CT molecular complexity index is 2000. The molecule has 0 saturated heterocycles. The number of imidazole rings is 1. The van der Waals surface area contributed by atoms with Gasteiger partial charge >= 0.3 is 5.69 Å². The summed E-state index contributed by atoms with van der Waals surface area (Å²) in [6.45, 7) is 0. The first kappa shape index (κ1) is 19.6. The number of hydrogen-bond donors (Lipinski definition) is 1. The highest BCUT2D eigenvalue weighted by Crippen LogP contribution is 2.34. The molecular weight excluding hydrogens is 434 g/mol. The zero-order valence-corrected chi connectivity index (χ0v) is 18.9. The number of H-pyrrole nitrogens is 1. The normalized spacial score (nSPS) is 11.7. The van der Waals surface area contributed by atoms with Crippen LogP contribution in [0.3, 0.4) is 0 Å². The van der Waals surface area contributed by atoms with E-state index in [1.54, 1.807) is 17.8 Å². The Morgan fingerprint density at radius 3 is 2.40 bits per heavy atom. The fraction of sp³-hybridized carbons (Fsp3) is 0.0345. The quantitative estimate of drug-likeness (QED) is 0.357. The second-order valence-corrected chi connectivity index (χ2v) is 8.73. The molecule has 166 valence electrons. The standard InChI is InChI=1S/C29H19N5O/c1-34-28-26(20-9-10-24-19(13-20)6-4-12-30-24)32-25-11-8-17(15-22(25)27(28)33-29(34)35)21-14-18-5-2-3-7-23(18)31-16-21/h2-16H,1H3,(H,33,35). The van der Waals surface area contributed by atoms with Crippen molar-refractivity contribution in [3.8, 4) is 22.4 Å². The molecule has 0 aliphatic carbocycles. The first-order valence-electron chi connectivity index (χ1n) is 11.4. The smallest absolute Gasteiger partial charge is 0.305 e. The summed E-state index contributed by atoms with van der Waals surface area (Å²) >= 11 is 0. The lowest BCUT2D eigenvalue weighted by Gasteiger charge is -2.10. The van der Waals surface area contributed by atoms with Gasteiger partial charge in [-0.25, -0.2) is 9.78 Å². The zero-order valence-electron chi connectivity index (χ0n) is 18.9. The summed E-state index contributed by atoms with van der Waals surface area (Å²) in [6, 6.07) is 26.4. The summed E-state index contributed by atoms with van der Waals surface area (Å²) in [5.41, 5.74) is 7.83. The Hall–Kier alpha value is -4.84. The highest BCUT2D eigenvalue weighted by molar-refractivity contribution is 6.09. The molecule has 7 aromatic rings. The van der Waals surface area contributed by atoms with Gasteiger partial charge in [-0.05, 0) is 48.0 Å². The van der Waals surface area contributed by atoms with Crippen LogP contribution >= 0.6 is 0 Å². The number of aromatic nitrogens is 5. The summed E-state index contributed by atoms with van der Waals surface area (Å²) in [5.74, 6) is 0. The molecule has 0 fully saturated rings. The maximum absolute atomic E-state index is 12.7. The van der Waals surface area contributed by atoms with Gasteiger partial charge in [0.15, 0.2) is 0 Å². The predicted molar refractivity (Wildman–Crippen MR) is 140 cm³/mol. The van der Waals surface area contributed by atoms with Crippen molar-refractivity contribution >= 4 is 43.7 Å². The van der Waals surface area contributed by atoms with E-state index in [-0.39, 0.29) is 5.69 Å². The molecule has 0 saturated carbocycles. The van der Waals surface area contributed by atoms with Crippen molar-refractivity contribution in [3.05, 3.63) is 102 Å². The lowest BCUT2D eigenvalue weighted by molar-refractivity contribution is 0.891. The molecule has 4 aromatic heterocycles. The predicted octanol–water partition coefficient (Wildman–Crippen LogP) is 5.85. The van der Waals surface area contributed by atoms with Gasteiger partial charge in [-0.3, -0.25) is 14.5 Å². The number of aryl methyl sites for hydroxylation is 1. The van der Waals surface area contributed by atoms with Crippen LogP contribution in [0.2, 0.25) is 0 Å². The molecule has 1 N–H and O–H groups in total. The van der Waals surface area contributed by atoms with E-state index in [1.807, 2.05) is 54.7 Å². The molecular formula is C29H19N5O. The number of nitrogens with zero attached hydrogens (tertiary/aromatic N) is 4. The van der Waals surface area contributed by atoms with Gasteiger partial charge in [0.2, 0.25) is 0 Å². The fourth-order valence-corrected chi connectivity index (χ4v) is 4.83. The van der Waals surface area contributed by atoms with Gasteiger partial charge in [-0.2, -0.15) is 0 Å². The molecule has 0 bridgehead atoms. The first-order valence-corrected chi connectivity index (χ1v) is 11.4. The average Bonchev–Trinajstić information content (AvgIpc) is 3.21. The van der Waals surface area contributed by atoms with Crippen molar-refractivity contribution in [2.75, 3.05) is 0 Å². The average molecular weight is 454 g/mol. The number of nitrogens with one attached hydrogen (secondary N) is 1. The Kier molecular flexibility index (Phi) is 4.11. The number of hydrogen-bond acceptors (Lipinski definition) is 4. The lowest BCUT2D eigenvalue weighted by atomic mass is 10.0. The van der Waals surface area contributed by atoms with Gasteiger partial charge in [0.25, 0.3) is 0 Å². The summed E-state index contributed by atoms with van der Waals surface area (Å²) in [7, 11) is 1.78. The van der Waals surface area contributed by atoms with Crippen molar-refractivity contribution < 1.29 is 0 Å². The van der Waals surface area contributed by atoms with E-state index in [0.29, 0.717) is 0 Å². The summed E-state index contributed by atoms with van der Waals surface area (Å²) in [5, 5.41) is 3.01. The van der Waals surface area contributed by atoms with E-state index in [9.17, 15) is 4.79 Å². The molecule has 0 aliphatic heterocycles. The minimum Gasteiger partial charge on any atom is -0.305 e. The van der Waals surface area contributed by atoms with Crippen molar-refractivity contribution in [3.63, 3.8) is 0 Å². The first-order chi connectivity index (χ1) is 17.2. The largest absolute Gasteiger partial charge is 0.326 e. The van der Waals surface area contributed by atoms with Gasteiger partial charge in [-0.1, -0.05) is 36.4 Å². The van der Waals surface area contributed by atoms with Crippen molar-refractivity contribution in [2.24, 2.45) is 7.05 Å². The van der Waals surface area contributed by atoms with Crippen molar-refractivity contribution in [1.29, 1.82) is 0 Å². The van der Waals surface area contributed by atoms with Crippen LogP contribution in [0.25, 0.3) is 66.1 Å². The van der Waals surface area contributed by atoms with E-state index in [4.69, 9.17) is 4.98 Å². The third-order valence-electron chi connectivity index (χ3n) is 6.63. The molecule has 4 heterocycles. The van der Waals surface area contributed by atoms with Crippen LogP contribution < -0.4 is 5.69 Å². The minimum atomic E-state index is -0.171. The third kappa shape index (κ3) is 3.04. The van der Waals surface area contributed by atoms with Gasteiger partial charge in [0.05, 0.1) is 33.3 Å². The molecule has 6 nitrogen and oxygen atoms in total. The van der Waals surface area contributed by atoms with E-state index in [1.165, 1.54) is 0 Å². The fourth-order valence-electron chi connectivity index (χ4n) is 4.83. The summed E-state index contributed by atoms with van der Waals surface area (Å²) in [6.07, 6.45) is 3.67. The van der Waals surface area contributed by atoms with Crippen LogP contribution in [0.4, 0.5) is 0 Å². The lowest BCUT2D eigenvalue weighted by Crippen LogP contribution is -2.12. The van der Waals surface area contributed by atoms with Crippen LogP contribution in [0.1, 0.15) is 0 Å². The second kappa shape index (κ2) is 7.33. The van der Waals surface area contributed by atoms with Crippen LogP contribution in [-0.4, -0.2) is 24.5 Å². The van der Waals surface area contributed by atoms with Crippen LogP contribution in [0.5, 0.6) is 0 Å². The number of para-hydroxylation sites is 1. The molecule has 0 radical (unpaired) electrons. The highest BCUT2D eigenvalue weighted by atomic mass is 16.1. The Morgan fingerprint density at radius 2 is 1.49 bits per heavy atom. The number of benzene rings is 3. The van der Waals surface area contributed by atoms with Gasteiger partial charge < -0.3 is 4.98 Å². The van der Waals surface area contributed by atoms with E-state index >= 15 is 0 Å². The second-order valence-electron chi connectivity index (χ2n) is 8.73. The van der Waals surface area contributed by atoms with E-state index in [2.05, 4.69) is 45.3 Å². The van der Waals surface area contributed by atoms with Crippen LogP contribution in [-0.2, 0) is 7.05 Å². The Morgan fingerprint density at radius 1 is 0.743 bits per heavy atom. The van der Waals surface area contributed by atoms with Crippen LogP contribution in [0.15, 0.2) is 96.1 Å². The number of aromatic amines is 1. The molecule has 0 spiro atoms. The summed E-state index contributed by atoms with van der Waals surface area (Å²) in [4.78, 5) is 29.9. The Labute approximate surface area is 199 Å². The van der Waals surface area contributed by atoms with Gasteiger partial charge in [0, 0.05) is 46.7 Å².